The number of aliphatic hydroxyl groups is 1. The van der Waals surface area contributed by atoms with E-state index in [1.54, 1.807) is 42.7 Å². The van der Waals surface area contributed by atoms with Crippen LogP contribution in [0.25, 0.3) is 35.2 Å². The molecule has 0 saturated heterocycles. The van der Waals surface area contributed by atoms with Crippen molar-refractivity contribution in [3.8, 4) is 34.5 Å². The van der Waals surface area contributed by atoms with Crippen molar-refractivity contribution >= 4 is 24.3 Å². The Morgan fingerprint density at radius 3 is 1.61 bits per heavy atom. The number of carbonyl (C=O) groups excluding carboxylic acids is 1. The Labute approximate surface area is 329 Å². The minimum absolute atomic E-state index is 0.0210. The summed E-state index contributed by atoms with van der Waals surface area (Å²) < 4.78 is 19.1. The van der Waals surface area contributed by atoms with Gasteiger partial charge in [-0.05, 0) is 77.9 Å². The number of rotatable bonds is 13. The fourth-order valence-corrected chi connectivity index (χ4v) is 4.54. The second-order valence-electron chi connectivity index (χ2n) is 12.5. The van der Waals surface area contributed by atoms with Crippen LogP contribution in [-0.2, 0) is 27.5 Å². The van der Waals surface area contributed by atoms with Crippen LogP contribution in [-0.4, -0.2) is 83.8 Å². The fourth-order valence-electron chi connectivity index (χ4n) is 4.54. The summed E-state index contributed by atoms with van der Waals surface area (Å²) in [5, 5.41) is 25.6. The highest BCUT2D eigenvalue weighted by molar-refractivity contribution is 5.85. The Bertz CT molecular complexity index is 2240. The van der Waals surface area contributed by atoms with E-state index in [0.717, 1.165) is 28.6 Å². The summed E-state index contributed by atoms with van der Waals surface area (Å²) in [7, 11) is 0. The van der Waals surface area contributed by atoms with Crippen LogP contribution in [0, 0.1) is 13.8 Å². The fraction of sp³-hybridized carbons (Fsp3) is 0.250. The molecule has 6 rings (SSSR count). The number of hydrogen-bond donors (Lipinski definition) is 2. The van der Waals surface area contributed by atoms with E-state index < -0.39 is 11.9 Å². The minimum atomic E-state index is -1.04. The molecule has 0 unspecified atom stereocenters. The molecule has 0 bridgehead atoms. The number of aromatic nitrogens is 10. The van der Waals surface area contributed by atoms with E-state index in [9.17, 15) is 9.59 Å². The van der Waals surface area contributed by atoms with Crippen LogP contribution in [0.1, 0.15) is 50.5 Å². The molecule has 0 aromatic carbocycles. The van der Waals surface area contributed by atoms with Crippen molar-refractivity contribution in [1.29, 1.82) is 0 Å². The van der Waals surface area contributed by atoms with Crippen LogP contribution in [0.2, 0.25) is 0 Å². The highest BCUT2D eigenvalue weighted by Crippen LogP contribution is 2.22. The standard InChI is InChI=1S/C20H21N5O3.C14H16N4O3.C6H7NO/c1-14(2)28-18-11-16(10-15(3)23-18)20-22-13-25(24-20)9-7-19(26)27-12-17-6-4-5-8-21-17;1-9(2)21-12-7-11(6-10(3)16-12)14-15-8-18(17-14)5-4-13(19)20;8-5-6-3-1-2-4-7-6/h4-11,13-14H,12H2,1-3H3;4-9H,1-3H3,(H,19,20);1-4,8H,5H2/b9-7-;5-4-;. The summed E-state index contributed by atoms with van der Waals surface area (Å²) in [6.45, 7) is 11.6. The van der Waals surface area contributed by atoms with Gasteiger partial charge >= 0.3 is 11.9 Å². The highest BCUT2D eigenvalue weighted by atomic mass is 16.5. The van der Waals surface area contributed by atoms with Gasteiger partial charge in [0.2, 0.25) is 11.8 Å². The number of esters is 1. The van der Waals surface area contributed by atoms with Gasteiger partial charge in [0.25, 0.3) is 0 Å². The summed E-state index contributed by atoms with van der Waals surface area (Å²) in [6, 6.07) is 18.1. The van der Waals surface area contributed by atoms with E-state index in [2.05, 4.69) is 40.1 Å². The molecule has 0 aliphatic heterocycles. The maximum Gasteiger partial charge on any atom is 0.332 e. The Kier molecular flexibility index (Phi) is 16.2. The maximum absolute atomic E-state index is 11.8. The first kappa shape index (κ1) is 42.6. The van der Waals surface area contributed by atoms with E-state index in [4.69, 9.17) is 24.4 Å². The number of pyridine rings is 4. The summed E-state index contributed by atoms with van der Waals surface area (Å²) >= 11 is 0. The third-order valence-electron chi connectivity index (χ3n) is 6.82. The van der Waals surface area contributed by atoms with E-state index in [1.807, 2.05) is 71.9 Å². The van der Waals surface area contributed by atoms with E-state index in [1.165, 1.54) is 40.5 Å². The molecule has 0 radical (unpaired) electrons. The van der Waals surface area contributed by atoms with Crippen LogP contribution in [0.5, 0.6) is 11.8 Å². The first-order valence-corrected chi connectivity index (χ1v) is 17.7. The van der Waals surface area contributed by atoms with Crippen LogP contribution < -0.4 is 9.47 Å². The van der Waals surface area contributed by atoms with Crippen molar-refractivity contribution in [2.45, 2.75) is 67.0 Å². The van der Waals surface area contributed by atoms with Gasteiger partial charge in [-0.15, -0.1) is 10.2 Å². The monoisotopic (exact) mass is 776 g/mol. The van der Waals surface area contributed by atoms with Crippen molar-refractivity contribution in [3.63, 3.8) is 0 Å². The third-order valence-corrected chi connectivity index (χ3v) is 6.82. The Morgan fingerprint density at radius 2 is 1.19 bits per heavy atom. The van der Waals surface area contributed by atoms with E-state index >= 15 is 0 Å². The molecular formula is C40H44N10O7. The molecular weight excluding hydrogens is 733 g/mol. The second-order valence-corrected chi connectivity index (χ2v) is 12.5. The Balaban J connectivity index is 0.000000217. The minimum Gasteiger partial charge on any atom is -0.478 e. The largest absolute Gasteiger partial charge is 0.478 e. The van der Waals surface area contributed by atoms with Gasteiger partial charge in [0.15, 0.2) is 11.6 Å². The van der Waals surface area contributed by atoms with Crippen LogP contribution in [0.4, 0.5) is 0 Å². The predicted octanol–water partition coefficient (Wildman–Crippen LogP) is 5.61. The highest BCUT2D eigenvalue weighted by Gasteiger charge is 2.11. The number of aliphatic hydroxyl groups excluding tert-OH is 1. The maximum atomic E-state index is 11.8. The summed E-state index contributed by atoms with van der Waals surface area (Å²) in [5.41, 5.74) is 4.54. The summed E-state index contributed by atoms with van der Waals surface area (Å²) in [4.78, 5) is 47.3. The SMILES string of the molecule is Cc1cc(-c2ncn(/C=C\C(=O)O)n2)cc(OC(C)C)n1.Cc1cc(-c2ncn(/C=C\C(=O)OCc3ccccn3)n2)cc(OC(C)C)n1.OCc1ccccn1. The summed E-state index contributed by atoms with van der Waals surface area (Å²) in [6.07, 6.45) is 11.4. The topological polar surface area (TPSA) is 215 Å². The normalized spacial score (nSPS) is 10.9. The van der Waals surface area contributed by atoms with Gasteiger partial charge in [0.1, 0.15) is 19.3 Å². The number of hydrogen-bond acceptors (Lipinski definition) is 14. The molecule has 0 aliphatic carbocycles. The molecule has 17 heteroatoms. The molecule has 6 aromatic rings. The van der Waals surface area contributed by atoms with Crippen molar-refractivity contribution in [1.82, 2.24) is 49.5 Å². The zero-order valence-corrected chi connectivity index (χ0v) is 32.4. The summed E-state index contributed by atoms with van der Waals surface area (Å²) in [5.74, 6) is 0.483. The Hall–Kier alpha value is -7.14. The number of ether oxygens (including phenoxy) is 3. The van der Waals surface area contributed by atoms with Crippen LogP contribution in [0.3, 0.4) is 0 Å². The molecule has 0 atom stereocenters. The van der Waals surface area contributed by atoms with Crippen LogP contribution >= 0.6 is 0 Å². The smallest absolute Gasteiger partial charge is 0.332 e. The Morgan fingerprint density at radius 1 is 0.702 bits per heavy atom. The van der Waals surface area contributed by atoms with E-state index in [-0.39, 0.29) is 25.4 Å². The number of nitrogens with zero attached hydrogens (tertiary/aromatic N) is 10. The second kappa shape index (κ2) is 21.7. The van der Waals surface area contributed by atoms with Crippen LogP contribution in [0.15, 0.2) is 97.9 Å². The zero-order chi connectivity index (χ0) is 41.2. The molecule has 17 nitrogen and oxygen atoms in total. The molecule has 296 valence electrons. The molecule has 6 heterocycles. The quantitative estimate of drug-likeness (QED) is 0.108. The number of carbonyl (C=O) groups is 2. The van der Waals surface area contributed by atoms with Crippen molar-refractivity contribution in [2.75, 3.05) is 0 Å². The molecule has 6 aromatic heterocycles. The van der Waals surface area contributed by atoms with Crippen molar-refractivity contribution in [3.05, 3.63) is 121 Å². The molecule has 2 N–H and O–H groups in total. The molecule has 57 heavy (non-hydrogen) atoms. The number of carboxylic acid groups (broad SMARTS) is 1. The molecule has 0 spiro atoms. The molecule has 0 saturated carbocycles. The lowest BCUT2D eigenvalue weighted by Crippen LogP contribution is -2.07. The number of carboxylic acids is 1. The van der Waals surface area contributed by atoms with Gasteiger partial charge in [0, 0.05) is 71.6 Å². The van der Waals surface area contributed by atoms with Gasteiger partial charge in [-0.2, -0.15) is 0 Å². The average molecular weight is 777 g/mol. The van der Waals surface area contributed by atoms with E-state index in [0.29, 0.717) is 34.8 Å². The first-order chi connectivity index (χ1) is 27.4. The lowest BCUT2D eigenvalue weighted by Gasteiger charge is -2.10. The number of aryl methyl sites for hydroxylation is 2. The average Bonchev–Trinajstić information content (AvgIpc) is 3.86. The van der Waals surface area contributed by atoms with Gasteiger partial charge in [-0.1, -0.05) is 12.1 Å². The van der Waals surface area contributed by atoms with Gasteiger partial charge < -0.3 is 24.4 Å². The molecule has 0 aliphatic rings. The first-order valence-electron chi connectivity index (χ1n) is 17.7. The lowest BCUT2D eigenvalue weighted by molar-refractivity contribution is -0.139. The zero-order valence-electron chi connectivity index (χ0n) is 32.4. The van der Waals surface area contributed by atoms with Crippen molar-refractivity contribution in [2.24, 2.45) is 0 Å². The van der Waals surface area contributed by atoms with Crippen molar-refractivity contribution < 1.29 is 34.0 Å². The van der Waals surface area contributed by atoms with Gasteiger partial charge in [-0.3, -0.25) is 9.97 Å². The van der Waals surface area contributed by atoms with Gasteiger partial charge in [-0.25, -0.2) is 38.9 Å². The molecule has 0 amide bonds. The third kappa shape index (κ3) is 15.3. The van der Waals surface area contributed by atoms with Gasteiger partial charge in [0.05, 0.1) is 30.2 Å². The molecule has 0 fully saturated rings. The predicted molar refractivity (Wildman–Crippen MR) is 210 cm³/mol. The number of aliphatic carboxylic acids is 1. The lowest BCUT2D eigenvalue weighted by atomic mass is 10.2.